The lowest BCUT2D eigenvalue weighted by Gasteiger charge is -2.38. The maximum atomic E-state index is 11.5. The van der Waals surface area contributed by atoms with Crippen molar-refractivity contribution in [2.75, 3.05) is 7.05 Å². The van der Waals surface area contributed by atoms with Crippen LogP contribution < -0.4 is 0 Å². The fourth-order valence-corrected chi connectivity index (χ4v) is 1.26. The Bertz CT molecular complexity index is 273. The third-order valence-corrected chi connectivity index (χ3v) is 2.02. The molecule has 0 aromatic heterocycles. The average Bonchev–Trinajstić information content (AvgIpc) is 1.98. The zero-order valence-electron chi connectivity index (χ0n) is 8.66. The number of hydrogen-bond acceptors (Lipinski definition) is 2. The first-order valence-corrected chi connectivity index (χ1v) is 4.28. The Balaban J connectivity index is 2.98. The van der Waals surface area contributed by atoms with Gasteiger partial charge in [-0.05, 0) is 20.8 Å². The van der Waals surface area contributed by atoms with Gasteiger partial charge in [0.15, 0.2) is 0 Å². The van der Waals surface area contributed by atoms with Crippen LogP contribution in [0.15, 0.2) is 24.7 Å². The summed E-state index contributed by atoms with van der Waals surface area (Å²) in [5, 5.41) is 0. The molecule has 1 amide bonds. The van der Waals surface area contributed by atoms with Gasteiger partial charge in [-0.2, -0.15) is 0 Å². The van der Waals surface area contributed by atoms with Crippen LogP contribution in [-0.4, -0.2) is 28.3 Å². The van der Waals surface area contributed by atoms with Gasteiger partial charge in [-0.25, -0.2) is 0 Å². The van der Waals surface area contributed by atoms with Gasteiger partial charge < -0.3 is 9.80 Å². The van der Waals surface area contributed by atoms with E-state index >= 15 is 0 Å². The Hall–Kier alpha value is -1.25. The highest BCUT2D eigenvalue weighted by Crippen LogP contribution is 2.23. The third-order valence-electron chi connectivity index (χ3n) is 2.02. The second-order valence-electron chi connectivity index (χ2n) is 4.20. The second-order valence-corrected chi connectivity index (χ2v) is 4.20. The number of nitrogens with zero attached hydrogens (tertiary/aromatic N) is 2. The van der Waals surface area contributed by atoms with Crippen LogP contribution in [-0.2, 0) is 4.79 Å². The van der Waals surface area contributed by atoms with E-state index in [1.54, 1.807) is 13.2 Å². The molecule has 0 N–H and O–H groups in total. The average molecular weight is 180 g/mol. The lowest BCUT2D eigenvalue weighted by molar-refractivity contribution is -0.126. The summed E-state index contributed by atoms with van der Waals surface area (Å²) in [4.78, 5) is 14.9. The van der Waals surface area contributed by atoms with E-state index in [0.29, 0.717) is 5.70 Å². The van der Waals surface area contributed by atoms with Gasteiger partial charge in [-0.15, -0.1) is 0 Å². The van der Waals surface area contributed by atoms with Crippen molar-refractivity contribution < 1.29 is 4.79 Å². The van der Waals surface area contributed by atoms with Crippen molar-refractivity contribution in [3.05, 3.63) is 24.7 Å². The molecule has 1 rings (SSSR count). The van der Waals surface area contributed by atoms with E-state index < -0.39 is 0 Å². The summed E-state index contributed by atoms with van der Waals surface area (Å²) in [6, 6.07) is 0. The van der Waals surface area contributed by atoms with Gasteiger partial charge in [0, 0.05) is 25.0 Å². The molecule has 0 unspecified atom stereocenters. The quantitative estimate of drug-likeness (QED) is 0.528. The predicted molar refractivity (Wildman–Crippen MR) is 52.6 cm³/mol. The molecule has 1 aliphatic heterocycles. The monoisotopic (exact) mass is 180 g/mol. The summed E-state index contributed by atoms with van der Waals surface area (Å²) in [5.41, 5.74) is 0.433. The number of rotatable bonds is 0. The molecular weight excluding hydrogens is 164 g/mol. The standard InChI is InChI=1S/C10H16N2O/c1-8-9(13)11(5)6-7-12(8)10(2,3)4/h6-7H,1H2,2-5H3. The molecule has 0 aliphatic carbocycles. The summed E-state index contributed by atoms with van der Waals surface area (Å²) in [7, 11) is 1.73. The van der Waals surface area contributed by atoms with E-state index in [4.69, 9.17) is 0 Å². The Morgan fingerprint density at radius 1 is 1.31 bits per heavy atom. The highest BCUT2D eigenvalue weighted by atomic mass is 16.2. The van der Waals surface area contributed by atoms with Crippen molar-refractivity contribution in [3.63, 3.8) is 0 Å². The van der Waals surface area contributed by atoms with E-state index in [1.807, 2.05) is 31.9 Å². The molecule has 0 radical (unpaired) electrons. The van der Waals surface area contributed by atoms with Crippen LogP contribution in [0, 0.1) is 0 Å². The molecule has 0 spiro atoms. The van der Waals surface area contributed by atoms with Crippen molar-refractivity contribution >= 4 is 5.91 Å². The molecule has 0 bridgehead atoms. The summed E-state index contributed by atoms with van der Waals surface area (Å²) in [6.45, 7) is 9.91. The van der Waals surface area contributed by atoms with Crippen molar-refractivity contribution in [1.82, 2.24) is 9.80 Å². The third kappa shape index (κ3) is 1.74. The first kappa shape index (κ1) is 9.84. The molecule has 0 fully saturated rings. The predicted octanol–water partition coefficient (Wildman–Crippen LogP) is 1.54. The van der Waals surface area contributed by atoms with E-state index in [0.717, 1.165) is 0 Å². The normalized spacial score (nSPS) is 18.5. The van der Waals surface area contributed by atoms with Crippen LogP contribution in [0.2, 0.25) is 0 Å². The lowest BCUT2D eigenvalue weighted by atomic mass is 10.1. The topological polar surface area (TPSA) is 23.6 Å². The van der Waals surface area contributed by atoms with Gasteiger partial charge >= 0.3 is 0 Å². The highest BCUT2D eigenvalue weighted by Gasteiger charge is 2.28. The molecule has 1 heterocycles. The van der Waals surface area contributed by atoms with Gasteiger partial charge in [0.25, 0.3) is 5.91 Å². The van der Waals surface area contributed by atoms with Gasteiger partial charge in [0.1, 0.15) is 5.70 Å². The van der Waals surface area contributed by atoms with Crippen molar-refractivity contribution in [2.45, 2.75) is 26.3 Å². The minimum Gasteiger partial charge on any atom is -0.337 e. The number of carbonyl (C=O) groups excluding carboxylic acids is 1. The summed E-state index contributed by atoms with van der Waals surface area (Å²) in [6.07, 6.45) is 3.63. The first-order valence-electron chi connectivity index (χ1n) is 4.28. The minimum absolute atomic E-state index is 0.0441. The highest BCUT2D eigenvalue weighted by molar-refractivity contribution is 5.93. The molecular formula is C10H16N2O. The van der Waals surface area contributed by atoms with Gasteiger partial charge in [0.05, 0.1) is 0 Å². The first-order chi connectivity index (χ1) is 5.84. The maximum absolute atomic E-state index is 11.5. The summed E-state index contributed by atoms with van der Waals surface area (Å²) in [5.74, 6) is -0.0441. The number of carbonyl (C=O) groups is 1. The van der Waals surface area contributed by atoms with E-state index in [1.165, 1.54) is 4.90 Å². The molecule has 0 aromatic rings. The molecule has 13 heavy (non-hydrogen) atoms. The SMILES string of the molecule is C=C1C(=O)N(C)C=CN1C(C)(C)C. The zero-order valence-corrected chi connectivity index (χ0v) is 8.66. The molecule has 3 heteroatoms. The van der Waals surface area contributed by atoms with Crippen LogP contribution in [0.4, 0.5) is 0 Å². The van der Waals surface area contributed by atoms with Crippen molar-refractivity contribution in [3.8, 4) is 0 Å². The fraction of sp³-hybridized carbons (Fsp3) is 0.500. The number of likely N-dealkylation sites (N-methyl/N-ethyl adjacent to an activating group) is 1. The minimum atomic E-state index is -0.0928. The van der Waals surface area contributed by atoms with Crippen LogP contribution in [0.25, 0.3) is 0 Å². The Morgan fingerprint density at radius 3 is 2.31 bits per heavy atom. The van der Waals surface area contributed by atoms with E-state index in [9.17, 15) is 4.79 Å². The fourth-order valence-electron chi connectivity index (χ4n) is 1.26. The van der Waals surface area contributed by atoms with Crippen LogP contribution in [0.3, 0.4) is 0 Å². The zero-order chi connectivity index (χ0) is 10.2. The Labute approximate surface area is 79.3 Å². The molecule has 0 atom stereocenters. The van der Waals surface area contributed by atoms with Crippen molar-refractivity contribution in [1.29, 1.82) is 0 Å². The molecule has 0 saturated heterocycles. The number of hydrogen-bond donors (Lipinski definition) is 0. The lowest BCUT2D eigenvalue weighted by Crippen LogP contribution is -2.44. The Morgan fingerprint density at radius 2 is 1.85 bits per heavy atom. The molecule has 3 nitrogen and oxygen atoms in total. The molecule has 72 valence electrons. The molecule has 1 aliphatic rings. The van der Waals surface area contributed by atoms with E-state index in [2.05, 4.69) is 6.58 Å². The largest absolute Gasteiger partial charge is 0.337 e. The second kappa shape index (κ2) is 2.91. The van der Waals surface area contributed by atoms with E-state index in [-0.39, 0.29) is 11.4 Å². The van der Waals surface area contributed by atoms with Crippen LogP contribution >= 0.6 is 0 Å². The van der Waals surface area contributed by atoms with Crippen molar-refractivity contribution in [2.24, 2.45) is 0 Å². The molecule has 0 saturated carbocycles. The summed E-state index contributed by atoms with van der Waals surface area (Å²) >= 11 is 0. The Kier molecular flexibility index (Phi) is 2.20. The summed E-state index contributed by atoms with van der Waals surface area (Å²) < 4.78 is 0. The smallest absolute Gasteiger partial charge is 0.273 e. The van der Waals surface area contributed by atoms with Crippen LogP contribution in [0.1, 0.15) is 20.8 Å². The molecule has 0 aromatic carbocycles. The van der Waals surface area contributed by atoms with Gasteiger partial charge in [-0.3, -0.25) is 4.79 Å². The van der Waals surface area contributed by atoms with Gasteiger partial charge in [-0.1, -0.05) is 6.58 Å². The number of amides is 1. The maximum Gasteiger partial charge on any atom is 0.273 e. The van der Waals surface area contributed by atoms with Crippen LogP contribution in [0.5, 0.6) is 0 Å². The van der Waals surface area contributed by atoms with Gasteiger partial charge in [0.2, 0.25) is 0 Å².